The molecule has 176 valence electrons. The van der Waals surface area contributed by atoms with Crippen molar-refractivity contribution in [2.75, 3.05) is 6.61 Å². The fourth-order valence-electron chi connectivity index (χ4n) is 3.99. The summed E-state index contributed by atoms with van der Waals surface area (Å²) in [5.74, 6) is 0.174. The van der Waals surface area contributed by atoms with Crippen molar-refractivity contribution in [3.05, 3.63) is 89.4 Å². The molecule has 0 radical (unpaired) electrons. The summed E-state index contributed by atoms with van der Waals surface area (Å²) in [6.45, 7) is 6.35. The molecule has 1 fully saturated rings. The van der Waals surface area contributed by atoms with E-state index in [1.54, 1.807) is 60.7 Å². The lowest BCUT2D eigenvalue weighted by molar-refractivity contribution is -0.140. The van der Waals surface area contributed by atoms with Crippen molar-refractivity contribution >= 4 is 17.4 Å². The number of carbonyl (C=O) groups is 2. The summed E-state index contributed by atoms with van der Waals surface area (Å²) in [4.78, 5) is 27.6. The van der Waals surface area contributed by atoms with Crippen LogP contribution in [0.2, 0.25) is 0 Å². The van der Waals surface area contributed by atoms with E-state index < -0.39 is 17.7 Å². The van der Waals surface area contributed by atoms with Crippen molar-refractivity contribution in [1.82, 2.24) is 4.90 Å². The van der Waals surface area contributed by atoms with Crippen LogP contribution >= 0.6 is 0 Å². The molecule has 1 saturated heterocycles. The maximum Gasteiger partial charge on any atom is 0.296 e. The van der Waals surface area contributed by atoms with Gasteiger partial charge in [0, 0.05) is 5.56 Å². The van der Waals surface area contributed by atoms with Gasteiger partial charge in [0.1, 0.15) is 23.0 Å². The molecule has 1 aliphatic rings. The lowest BCUT2D eigenvalue weighted by Gasteiger charge is -2.24. The lowest BCUT2D eigenvalue weighted by atomic mass is 9.95. The molecule has 7 nitrogen and oxygen atoms in total. The fraction of sp³-hybridized carbons (Fsp3) is 0.259. The number of hydrogen-bond acceptors (Lipinski definition) is 6. The molecular weight excluding hydrogens is 434 g/mol. The zero-order chi connectivity index (χ0) is 24.2. The van der Waals surface area contributed by atoms with E-state index in [4.69, 9.17) is 13.9 Å². The number of aliphatic hydroxyl groups excluding tert-OH is 1. The summed E-state index contributed by atoms with van der Waals surface area (Å²) in [6.07, 6.45) is 1.52. The molecular formula is C27H27NO6. The van der Waals surface area contributed by atoms with E-state index in [0.717, 1.165) is 0 Å². The summed E-state index contributed by atoms with van der Waals surface area (Å²) in [5.41, 5.74) is 1.12. The number of rotatable bonds is 8. The maximum atomic E-state index is 13.1. The van der Waals surface area contributed by atoms with Gasteiger partial charge in [-0.2, -0.15) is 0 Å². The highest BCUT2D eigenvalue weighted by molar-refractivity contribution is 6.46. The van der Waals surface area contributed by atoms with Gasteiger partial charge in [0.15, 0.2) is 0 Å². The van der Waals surface area contributed by atoms with Gasteiger partial charge in [-0.15, -0.1) is 0 Å². The molecule has 2 aromatic carbocycles. The Balaban J connectivity index is 1.77. The van der Waals surface area contributed by atoms with Crippen LogP contribution in [0.4, 0.5) is 0 Å². The van der Waals surface area contributed by atoms with E-state index in [-0.39, 0.29) is 24.0 Å². The van der Waals surface area contributed by atoms with Crippen LogP contribution in [0.15, 0.2) is 76.9 Å². The Labute approximate surface area is 198 Å². The third kappa shape index (κ3) is 4.69. The van der Waals surface area contributed by atoms with Crippen LogP contribution in [0.3, 0.4) is 0 Å². The molecule has 7 heteroatoms. The first-order valence-corrected chi connectivity index (χ1v) is 11.2. The Morgan fingerprint density at radius 3 is 2.29 bits per heavy atom. The Morgan fingerprint density at radius 2 is 1.71 bits per heavy atom. The van der Waals surface area contributed by atoms with Crippen LogP contribution in [0.25, 0.3) is 5.76 Å². The molecule has 1 atom stereocenters. The number of amides is 1. The molecule has 0 aliphatic carbocycles. The smallest absolute Gasteiger partial charge is 0.296 e. The van der Waals surface area contributed by atoms with Crippen LogP contribution in [0, 0.1) is 0 Å². The van der Waals surface area contributed by atoms with Gasteiger partial charge < -0.3 is 23.9 Å². The molecule has 0 bridgehead atoms. The van der Waals surface area contributed by atoms with Gasteiger partial charge in [0.25, 0.3) is 11.7 Å². The highest BCUT2D eigenvalue weighted by Gasteiger charge is 2.46. The van der Waals surface area contributed by atoms with Crippen molar-refractivity contribution in [2.45, 2.75) is 39.5 Å². The Bertz CT molecular complexity index is 1180. The minimum Gasteiger partial charge on any atom is -0.507 e. The molecule has 1 N–H and O–H groups in total. The molecule has 34 heavy (non-hydrogen) atoms. The number of likely N-dealkylation sites (tertiary alicyclic amines) is 1. The number of furan rings is 1. The van der Waals surface area contributed by atoms with Gasteiger partial charge >= 0.3 is 0 Å². The van der Waals surface area contributed by atoms with Crippen molar-refractivity contribution in [3.63, 3.8) is 0 Å². The second-order valence-corrected chi connectivity index (χ2v) is 8.20. The van der Waals surface area contributed by atoms with Crippen molar-refractivity contribution in [1.29, 1.82) is 0 Å². The van der Waals surface area contributed by atoms with Gasteiger partial charge in [0.2, 0.25) is 0 Å². The van der Waals surface area contributed by atoms with E-state index >= 15 is 0 Å². The third-order valence-electron chi connectivity index (χ3n) is 5.45. The maximum absolute atomic E-state index is 13.1. The fourth-order valence-corrected chi connectivity index (χ4v) is 3.99. The molecule has 3 aromatic rings. The summed E-state index contributed by atoms with van der Waals surface area (Å²) in [5, 5.41) is 11.2. The molecule has 2 heterocycles. The molecule has 1 aliphatic heterocycles. The molecule has 1 amide bonds. The first-order valence-electron chi connectivity index (χ1n) is 11.2. The molecule has 4 rings (SSSR count). The molecule has 0 spiro atoms. The Morgan fingerprint density at radius 1 is 1.03 bits per heavy atom. The number of hydrogen-bond donors (Lipinski definition) is 1. The zero-order valence-corrected chi connectivity index (χ0v) is 19.4. The minimum absolute atomic E-state index is 0.00558. The number of ether oxygens (including phenoxy) is 2. The van der Waals surface area contributed by atoms with Gasteiger partial charge in [0.05, 0.1) is 37.1 Å². The standard InChI is InChI=1S/C27H27NO6/c1-4-32-20-11-7-18(8-12-20)24-23(25(29)19-9-13-21(14-10-19)34-17(2)3)26(30)27(31)28(24)16-22-6-5-15-33-22/h5-15,17,24,29H,4,16H2,1-3H3/b25-23-. The van der Waals surface area contributed by atoms with Crippen molar-refractivity contribution in [2.24, 2.45) is 0 Å². The van der Waals surface area contributed by atoms with E-state index in [1.165, 1.54) is 11.2 Å². The molecule has 1 aromatic heterocycles. The van der Waals surface area contributed by atoms with E-state index in [2.05, 4.69) is 0 Å². The first kappa shape index (κ1) is 23.2. The second-order valence-electron chi connectivity index (χ2n) is 8.20. The van der Waals surface area contributed by atoms with Crippen molar-refractivity contribution < 1.29 is 28.6 Å². The van der Waals surface area contributed by atoms with Crippen LogP contribution in [-0.2, 0) is 16.1 Å². The number of ketones is 1. The second kappa shape index (κ2) is 9.87. The largest absolute Gasteiger partial charge is 0.507 e. The van der Waals surface area contributed by atoms with E-state index in [0.29, 0.717) is 35.0 Å². The van der Waals surface area contributed by atoms with Gasteiger partial charge in [-0.05, 0) is 74.9 Å². The quantitative estimate of drug-likeness (QED) is 0.286. The highest BCUT2D eigenvalue weighted by atomic mass is 16.5. The lowest BCUT2D eigenvalue weighted by Crippen LogP contribution is -2.29. The number of aliphatic hydroxyl groups is 1. The predicted octanol–water partition coefficient (Wildman–Crippen LogP) is 5.09. The number of Topliss-reactive ketones (excluding diaryl/α,β-unsaturated/α-hetero) is 1. The summed E-state index contributed by atoms with van der Waals surface area (Å²) >= 11 is 0. The number of nitrogens with zero attached hydrogens (tertiary/aromatic N) is 1. The summed E-state index contributed by atoms with van der Waals surface area (Å²) in [6, 6.07) is 16.6. The van der Waals surface area contributed by atoms with Crippen LogP contribution in [0.5, 0.6) is 11.5 Å². The Kier molecular flexibility index (Phi) is 6.72. The van der Waals surface area contributed by atoms with Crippen LogP contribution in [0.1, 0.15) is 43.7 Å². The highest BCUT2D eigenvalue weighted by Crippen LogP contribution is 2.40. The van der Waals surface area contributed by atoms with Crippen LogP contribution < -0.4 is 9.47 Å². The molecule has 0 saturated carbocycles. The van der Waals surface area contributed by atoms with Gasteiger partial charge in [-0.1, -0.05) is 12.1 Å². The average molecular weight is 462 g/mol. The van der Waals surface area contributed by atoms with E-state index in [1.807, 2.05) is 20.8 Å². The number of benzene rings is 2. The monoisotopic (exact) mass is 461 g/mol. The normalized spacial score (nSPS) is 17.4. The summed E-state index contributed by atoms with van der Waals surface area (Å²) in [7, 11) is 0. The summed E-state index contributed by atoms with van der Waals surface area (Å²) < 4.78 is 16.6. The number of carbonyl (C=O) groups excluding carboxylic acids is 2. The minimum atomic E-state index is -0.785. The van der Waals surface area contributed by atoms with Crippen LogP contribution in [-0.4, -0.2) is 34.4 Å². The molecule has 1 unspecified atom stereocenters. The predicted molar refractivity (Wildman–Crippen MR) is 126 cm³/mol. The zero-order valence-electron chi connectivity index (χ0n) is 19.4. The van der Waals surface area contributed by atoms with Crippen molar-refractivity contribution in [3.8, 4) is 11.5 Å². The SMILES string of the molecule is CCOc1ccc(C2/C(=C(/O)c3ccc(OC(C)C)cc3)C(=O)C(=O)N2Cc2ccco2)cc1. The Hall–Kier alpha value is -4.00. The van der Waals surface area contributed by atoms with Gasteiger partial charge in [-0.25, -0.2) is 0 Å². The third-order valence-corrected chi connectivity index (χ3v) is 5.45. The van der Waals surface area contributed by atoms with Gasteiger partial charge in [-0.3, -0.25) is 9.59 Å². The first-order chi connectivity index (χ1) is 16.4. The topological polar surface area (TPSA) is 89.2 Å². The average Bonchev–Trinajstić information content (AvgIpc) is 3.42. The van der Waals surface area contributed by atoms with E-state index in [9.17, 15) is 14.7 Å².